The number of carbonyl (C=O) groups is 1. The Kier molecular flexibility index (Phi) is 5.12. The molecule has 1 aromatic heterocycles. The van der Waals surface area contributed by atoms with Crippen molar-refractivity contribution in [3.8, 4) is 11.6 Å². The molecule has 9 heteroatoms. The monoisotopic (exact) mass is 297 g/mol. The van der Waals surface area contributed by atoms with E-state index in [-0.39, 0.29) is 18.1 Å². The molecule has 0 aliphatic carbocycles. The average molecular weight is 297 g/mol. The molecule has 1 rings (SSSR count). The van der Waals surface area contributed by atoms with Crippen molar-refractivity contribution in [2.24, 2.45) is 0 Å². The van der Waals surface area contributed by atoms with Crippen molar-refractivity contribution in [2.45, 2.75) is 20.0 Å². The van der Waals surface area contributed by atoms with Crippen molar-refractivity contribution in [2.75, 3.05) is 13.7 Å². The lowest BCUT2D eigenvalue weighted by atomic mass is 10.2. The van der Waals surface area contributed by atoms with Crippen LogP contribution in [0.25, 0.3) is 0 Å². The maximum atomic E-state index is 12.7. The van der Waals surface area contributed by atoms with Gasteiger partial charge in [0.1, 0.15) is 17.9 Å². The molecule has 0 radical (unpaired) electrons. The Balaban J connectivity index is 3.29. The SMILES string of the molecule is CCOC(=O)c1cc(OC(F)(F)F)c(CF)nc1OC. The van der Waals surface area contributed by atoms with Gasteiger partial charge in [0.2, 0.25) is 5.88 Å². The van der Waals surface area contributed by atoms with Crippen LogP contribution in [-0.2, 0) is 11.4 Å². The molecule has 0 aromatic carbocycles. The smallest absolute Gasteiger partial charge is 0.480 e. The van der Waals surface area contributed by atoms with E-state index in [0.29, 0.717) is 6.07 Å². The van der Waals surface area contributed by atoms with Crippen LogP contribution in [0, 0.1) is 0 Å². The first-order valence-electron chi connectivity index (χ1n) is 5.39. The molecule has 0 saturated heterocycles. The minimum Gasteiger partial charge on any atom is -0.480 e. The lowest BCUT2D eigenvalue weighted by Crippen LogP contribution is -2.19. The zero-order valence-corrected chi connectivity index (χ0v) is 10.6. The van der Waals surface area contributed by atoms with Crippen LogP contribution < -0.4 is 9.47 Å². The molecule has 5 nitrogen and oxygen atoms in total. The summed E-state index contributed by atoms with van der Waals surface area (Å²) in [6.45, 7) is 0.202. The summed E-state index contributed by atoms with van der Waals surface area (Å²) in [5.74, 6) is -2.20. The first-order valence-corrected chi connectivity index (χ1v) is 5.39. The zero-order chi connectivity index (χ0) is 15.3. The molecule has 0 fully saturated rings. The summed E-state index contributed by atoms with van der Waals surface area (Å²) in [4.78, 5) is 15.0. The summed E-state index contributed by atoms with van der Waals surface area (Å²) in [5, 5.41) is 0. The standard InChI is InChI=1S/C11H11F4NO4/c1-3-19-10(17)6-4-8(20-11(13,14)15)7(5-12)16-9(6)18-2/h4H,3,5H2,1-2H3. The van der Waals surface area contributed by atoms with Crippen molar-refractivity contribution in [3.05, 3.63) is 17.3 Å². The molecule has 0 aliphatic heterocycles. The molecule has 0 spiro atoms. The Bertz CT molecular complexity index is 490. The Morgan fingerprint density at radius 1 is 1.40 bits per heavy atom. The number of hydrogen-bond acceptors (Lipinski definition) is 5. The second kappa shape index (κ2) is 6.40. The van der Waals surface area contributed by atoms with Gasteiger partial charge in [0.25, 0.3) is 0 Å². The molecule has 1 aromatic rings. The van der Waals surface area contributed by atoms with Gasteiger partial charge in [0.05, 0.1) is 13.7 Å². The molecule has 20 heavy (non-hydrogen) atoms. The highest BCUT2D eigenvalue weighted by Crippen LogP contribution is 2.31. The Morgan fingerprint density at radius 3 is 2.50 bits per heavy atom. The van der Waals surface area contributed by atoms with E-state index in [4.69, 9.17) is 4.74 Å². The minimum absolute atomic E-state index is 0.00229. The van der Waals surface area contributed by atoms with Crippen LogP contribution in [0.15, 0.2) is 6.07 Å². The zero-order valence-electron chi connectivity index (χ0n) is 10.6. The van der Waals surface area contributed by atoms with E-state index >= 15 is 0 Å². The molecule has 1 heterocycles. The summed E-state index contributed by atoms with van der Waals surface area (Å²) in [7, 11) is 1.14. The molecule has 0 unspecified atom stereocenters. The first-order chi connectivity index (χ1) is 9.32. The third-order valence-electron chi connectivity index (χ3n) is 2.07. The van der Waals surface area contributed by atoms with Crippen molar-refractivity contribution in [1.29, 1.82) is 0 Å². The third-order valence-corrected chi connectivity index (χ3v) is 2.07. The normalized spacial score (nSPS) is 11.1. The number of alkyl halides is 4. The first kappa shape index (κ1) is 16.0. The molecular weight excluding hydrogens is 286 g/mol. The largest absolute Gasteiger partial charge is 0.573 e. The number of carbonyl (C=O) groups excluding carboxylic acids is 1. The van der Waals surface area contributed by atoms with Crippen LogP contribution in [0.3, 0.4) is 0 Å². The number of halogens is 4. The van der Waals surface area contributed by atoms with Gasteiger partial charge in [-0.3, -0.25) is 0 Å². The number of rotatable bonds is 5. The average Bonchev–Trinajstić information content (AvgIpc) is 2.36. The van der Waals surface area contributed by atoms with E-state index in [2.05, 4.69) is 14.5 Å². The van der Waals surface area contributed by atoms with Gasteiger partial charge in [-0.15, -0.1) is 13.2 Å². The molecule has 0 atom stereocenters. The van der Waals surface area contributed by atoms with Crippen LogP contribution in [0.1, 0.15) is 23.0 Å². The number of hydrogen-bond donors (Lipinski definition) is 0. The number of ether oxygens (including phenoxy) is 3. The lowest BCUT2D eigenvalue weighted by molar-refractivity contribution is -0.275. The highest BCUT2D eigenvalue weighted by atomic mass is 19.4. The van der Waals surface area contributed by atoms with Crippen LogP contribution >= 0.6 is 0 Å². The summed E-state index contributed by atoms with van der Waals surface area (Å²) in [6, 6.07) is 0.687. The van der Waals surface area contributed by atoms with Crippen LogP contribution in [0.5, 0.6) is 11.6 Å². The number of esters is 1. The van der Waals surface area contributed by atoms with E-state index in [1.165, 1.54) is 6.92 Å². The molecule has 0 bridgehead atoms. The molecule has 0 N–H and O–H groups in total. The predicted octanol–water partition coefficient (Wildman–Crippen LogP) is 2.64. The van der Waals surface area contributed by atoms with E-state index in [9.17, 15) is 22.4 Å². The second-order valence-electron chi connectivity index (χ2n) is 3.39. The van der Waals surface area contributed by atoms with E-state index in [0.717, 1.165) is 7.11 Å². The Hall–Kier alpha value is -2.06. The summed E-state index contributed by atoms with van der Waals surface area (Å²) in [5.41, 5.74) is -1.02. The van der Waals surface area contributed by atoms with Crippen molar-refractivity contribution in [1.82, 2.24) is 4.98 Å². The fourth-order valence-electron chi connectivity index (χ4n) is 1.33. The molecule has 0 aliphatic rings. The van der Waals surface area contributed by atoms with E-state index in [1.807, 2.05) is 0 Å². The van der Waals surface area contributed by atoms with Gasteiger partial charge in [-0.1, -0.05) is 0 Å². The quantitative estimate of drug-likeness (QED) is 0.617. The predicted molar refractivity (Wildman–Crippen MR) is 58.2 cm³/mol. The fourth-order valence-corrected chi connectivity index (χ4v) is 1.33. The highest BCUT2D eigenvalue weighted by molar-refractivity contribution is 5.92. The van der Waals surface area contributed by atoms with Gasteiger partial charge in [-0.05, 0) is 6.92 Å². The molecular formula is C11H11F4NO4. The highest BCUT2D eigenvalue weighted by Gasteiger charge is 2.33. The lowest BCUT2D eigenvalue weighted by Gasteiger charge is -2.14. The van der Waals surface area contributed by atoms with Gasteiger partial charge >= 0.3 is 12.3 Å². The van der Waals surface area contributed by atoms with Crippen molar-refractivity contribution in [3.63, 3.8) is 0 Å². The van der Waals surface area contributed by atoms with Gasteiger partial charge in [-0.25, -0.2) is 14.2 Å². The van der Waals surface area contributed by atoms with Crippen LogP contribution in [0.2, 0.25) is 0 Å². The molecule has 0 amide bonds. The van der Waals surface area contributed by atoms with Gasteiger partial charge < -0.3 is 14.2 Å². The number of nitrogens with zero attached hydrogens (tertiary/aromatic N) is 1. The molecule has 112 valence electrons. The third kappa shape index (κ3) is 3.97. The number of methoxy groups -OCH3 is 1. The molecule has 0 saturated carbocycles. The number of pyridine rings is 1. The summed E-state index contributed by atoms with van der Waals surface area (Å²) >= 11 is 0. The van der Waals surface area contributed by atoms with Gasteiger partial charge in [0, 0.05) is 6.07 Å². The van der Waals surface area contributed by atoms with Gasteiger partial charge in [-0.2, -0.15) is 0 Å². The number of aromatic nitrogens is 1. The maximum Gasteiger partial charge on any atom is 0.573 e. The van der Waals surface area contributed by atoms with Crippen molar-refractivity contribution >= 4 is 5.97 Å². The summed E-state index contributed by atoms with van der Waals surface area (Å²) < 4.78 is 62.3. The summed E-state index contributed by atoms with van der Waals surface area (Å²) in [6.07, 6.45) is -5.04. The van der Waals surface area contributed by atoms with Gasteiger partial charge in [0.15, 0.2) is 5.75 Å². The Morgan fingerprint density at radius 2 is 2.05 bits per heavy atom. The minimum atomic E-state index is -5.04. The van der Waals surface area contributed by atoms with Crippen molar-refractivity contribution < 1.29 is 36.6 Å². The van der Waals surface area contributed by atoms with Crippen LogP contribution in [-0.4, -0.2) is 31.0 Å². The topological polar surface area (TPSA) is 57.7 Å². The van der Waals surface area contributed by atoms with E-state index in [1.54, 1.807) is 0 Å². The maximum absolute atomic E-state index is 12.7. The Labute approximate surface area is 111 Å². The second-order valence-corrected chi connectivity index (χ2v) is 3.39. The van der Waals surface area contributed by atoms with E-state index < -0.39 is 30.4 Å². The fraction of sp³-hybridized carbons (Fsp3) is 0.455. The van der Waals surface area contributed by atoms with Crippen LogP contribution in [0.4, 0.5) is 17.6 Å².